The maximum Gasteiger partial charge on any atom is 0.305 e. The topological polar surface area (TPSA) is 95.5 Å². The SMILES string of the molecule is CC(=O)NC(C)C(=O)NC(CC(=O)O)c1ccc(Br)cc1. The van der Waals surface area contributed by atoms with Gasteiger partial charge in [0.25, 0.3) is 0 Å². The maximum atomic E-state index is 12.0. The molecule has 3 N–H and O–H groups in total. The first-order valence-electron chi connectivity index (χ1n) is 6.34. The Bertz CT molecular complexity index is 530. The molecule has 0 fully saturated rings. The van der Waals surface area contributed by atoms with E-state index < -0.39 is 24.0 Å². The molecule has 1 aromatic rings. The van der Waals surface area contributed by atoms with E-state index in [9.17, 15) is 14.4 Å². The number of hydrogen-bond acceptors (Lipinski definition) is 3. The molecule has 2 amide bonds. The Morgan fingerprint density at radius 3 is 2.24 bits per heavy atom. The minimum absolute atomic E-state index is 0.236. The highest BCUT2D eigenvalue weighted by Gasteiger charge is 2.21. The highest BCUT2D eigenvalue weighted by molar-refractivity contribution is 9.10. The van der Waals surface area contributed by atoms with E-state index in [-0.39, 0.29) is 12.3 Å². The monoisotopic (exact) mass is 356 g/mol. The normalized spacial score (nSPS) is 13.1. The van der Waals surface area contributed by atoms with Gasteiger partial charge in [-0.25, -0.2) is 0 Å². The number of carbonyl (C=O) groups excluding carboxylic acids is 2. The maximum absolute atomic E-state index is 12.0. The molecule has 0 spiro atoms. The molecule has 0 saturated heterocycles. The molecule has 1 rings (SSSR count). The molecule has 7 heteroatoms. The third-order valence-electron chi connectivity index (χ3n) is 2.78. The number of nitrogens with one attached hydrogen (secondary N) is 2. The van der Waals surface area contributed by atoms with Crippen LogP contribution < -0.4 is 10.6 Å². The molecule has 0 aliphatic rings. The number of halogens is 1. The number of hydrogen-bond donors (Lipinski definition) is 3. The molecule has 0 aliphatic carbocycles. The second kappa shape index (κ2) is 7.78. The first-order chi connectivity index (χ1) is 9.79. The number of carbonyl (C=O) groups is 3. The summed E-state index contributed by atoms with van der Waals surface area (Å²) in [5.41, 5.74) is 0.684. The Morgan fingerprint density at radius 2 is 1.76 bits per heavy atom. The molecule has 0 saturated carbocycles. The van der Waals surface area contributed by atoms with Crippen LogP contribution in [0, 0.1) is 0 Å². The number of benzene rings is 1. The van der Waals surface area contributed by atoms with Crippen molar-refractivity contribution >= 4 is 33.7 Å². The molecule has 0 heterocycles. The van der Waals surface area contributed by atoms with Crippen LogP contribution in [0.5, 0.6) is 0 Å². The van der Waals surface area contributed by atoms with Crippen molar-refractivity contribution in [2.24, 2.45) is 0 Å². The second-order valence-electron chi connectivity index (χ2n) is 4.63. The van der Waals surface area contributed by atoms with Gasteiger partial charge in [0.2, 0.25) is 11.8 Å². The molecule has 0 radical (unpaired) electrons. The molecule has 114 valence electrons. The van der Waals surface area contributed by atoms with Crippen molar-refractivity contribution < 1.29 is 19.5 Å². The average molecular weight is 357 g/mol. The molecule has 21 heavy (non-hydrogen) atoms. The zero-order valence-corrected chi connectivity index (χ0v) is 13.3. The van der Waals surface area contributed by atoms with Gasteiger partial charge in [0.15, 0.2) is 0 Å². The molecule has 0 bridgehead atoms. The molecule has 0 aliphatic heterocycles. The van der Waals surface area contributed by atoms with Gasteiger partial charge in [0, 0.05) is 11.4 Å². The summed E-state index contributed by atoms with van der Waals surface area (Å²) < 4.78 is 0.860. The Hall–Kier alpha value is -1.89. The summed E-state index contributed by atoms with van der Waals surface area (Å²) in [6, 6.07) is 5.64. The zero-order valence-electron chi connectivity index (χ0n) is 11.7. The second-order valence-corrected chi connectivity index (χ2v) is 5.55. The van der Waals surface area contributed by atoms with Crippen LogP contribution in [0.15, 0.2) is 28.7 Å². The zero-order chi connectivity index (χ0) is 16.0. The largest absolute Gasteiger partial charge is 0.481 e. The number of aliphatic carboxylic acids is 1. The van der Waals surface area contributed by atoms with Crippen LogP contribution >= 0.6 is 15.9 Å². The Labute approximate surface area is 131 Å². The fraction of sp³-hybridized carbons (Fsp3) is 0.357. The van der Waals surface area contributed by atoms with Gasteiger partial charge < -0.3 is 15.7 Å². The van der Waals surface area contributed by atoms with E-state index in [1.807, 2.05) is 0 Å². The lowest BCUT2D eigenvalue weighted by Crippen LogP contribution is -2.45. The van der Waals surface area contributed by atoms with Gasteiger partial charge in [-0.1, -0.05) is 28.1 Å². The predicted molar refractivity (Wildman–Crippen MR) is 80.6 cm³/mol. The van der Waals surface area contributed by atoms with Crippen LogP contribution in [0.2, 0.25) is 0 Å². The van der Waals surface area contributed by atoms with Crippen molar-refractivity contribution in [1.82, 2.24) is 10.6 Å². The van der Waals surface area contributed by atoms with E-state index in [1.54, 1.807) is 24.3 Å². The summed E-state index contributed by atoms with van der Waals surface area (Å²) in [5.74, 6) is -1.77. The van der Waals surface area contributed by atoms with E-state index in [0.29, 0.717) is 5.56 Å². The smallest absolute Gasteiger partial charge is 0.305 e. The highest BCUT2D eigenvalue weighted by Crippen LogP contribution is 2.20. The number of rotatable bonds is 6. The van der Waals surface area contributed by atoms with Crippen molar-refractivity contribution in [1.29, 1.82) is 0 Å². The summed E-state index contributed by atoms with van der Waals surface area (Å²) in [7, 11) is 0. The van der Waals surface area contributed by atoms with Gasteiger partial charge in [-0.05, 0) is 24.6 Å². The highest BCUT2D eigenvalue weighted by atomic mass is 79.9. The van der Waals surface area contributed by atoms with Crippen LogP contribution in [-0.4, -0.2) is 28.9 Å². The van der Waals surface area contributed by atoms with Gasteiger partial charge in [-0.15, -0.1) is 0 Å². The van der Waals surface area contributed by atoms with Gasteiger partial charge >= 0.3 is 5.97 Å². The minimum atomic E-state index is -1.02. The molecule has 0 aromatic heterocycles. The predicted octanol–water partition coefficient (Wildman–Crippen LogP) is 1.61. The third-order valence-corrected chi connectivity index (χ3v) is 3.31. The first kappa shape index (κ1) is 17.2. The van der Waals surface area contributed by atoms with Gasteiger partial charge in [0.1, 0.15) is 6.04 Å². The van der Waals surface area contributed by atoms with Gasteiger partial charge in [0.05, 0.1) is 12.5 Å². The lowest BCUT2D eigenvalue weighted by Gasteiger charge is -2.20. The van der Waals surface area contributed by atoms with E-state index >= 15 is 0 Å². The fourth-order valence-corrected chi connectivity index (χ4v) is 2.05. The van der Waals surface area contributed by atoms with Crippen molar-refractivity contribution in [2.45, 2.75) is 32.4 Å². The summed E-state index contributed by atoms with van der Waals surface area (Å²) >= 11 is 3.30. The average Bonchev–Trinajstić information content (AvgIpc) is 2.37. The molecule has 2 unspecified atom stereocenters. The lowest BCUT2D eigenvalue weighted by molar-refractivity contribution is -0.138. The van der Waals surface area contributed by atoms with E-state index in [2.05, 4.69) is 26.6 Å². The molecule has 2 atom stereocenters. The molecule has 6 nitrogen and oxygen atoms in total. The van der Waals surface area contributed by atoms with Gasteiger partial charge in [-0.2, -0.15) is 0 Å². The summed E-state index contributed by atoms with van der Waals surface area (Å²) in [4.78, 5) is 33.9. The van der Waals surface area contributed by atoms with E-state index in [4.69, 9.17) is 5.11 Å². The minimum Gasteiger partial charge on any atom is -0.481 e. The summed E-state index contributed by atoms with van der Waals surface area (Å²) in [5, 5.41) is 14.1. The Morgan fingerprint density at radius 1 is 1.19 bits per heavy atom. The molecular weight excluding hydrogens is 340 g/mol. The van der Waals surface area contributed by atoms with E-state index in [1.165, 1.54) is 13.8 Å². The summed E-state index contributed by atoms with van der Waals surface area (Å²) in [6.07, 6.45) is -0.236. The van der Waals surface area contributed by atoms with Crippen LogP contribution in [-0.2, 0) is 14.4 Å². The van der Waals surface area contributed by atoms with Crippen molar-refractivity contribution in [3.8, 4) is 0 Å². The quantitative estimate of drug-likeness (QED) is 0.721. The Kier molecular flexibility index (Phi) is 6.36. The fourth-order valence-electron chi connectivity index (χ4n) is 1.79. The standard InChI is InChI=1S/C14H17BrN2O4/c1-8(16-9(2)18)14(21)17-12(7-13(19)20)10-3-5-11(15)6-4-10/h3-6,8,12H,7H2,1-2H3,(H,16,18)(H,17,21)(H,19,20). The number of carboxylic acids is 1. The summed E-state index contributed by atoms with van der Waals surface area (Å²) in [6.45, 7) is 2.85. The van der Waals surface area contributed by atoms with E-state index in [0.717, 1.165) is 4.47 Å². The van der Waals surface area contributed by atoms with Gasteiger partial charge in [-0.3, -0.25) is 14.4 Å². The van der Waals surface area contributed by atoms with Crippen LogP contribution in [0.3, 0.4) is 0 Å². The van der Waals surface area contributed by atoms with Crippen molar-refractivity contribution in [2.75, 3.05) is 0 Å². The van der Waals surface area contributed by atoms with Crippen LogP contribution in [0.1, 0.15) is 31.9 Å². The van der Waals surface area contributed by atoms with Crippen molar-refractivity contribution in [3.05, 3.63) is 34.3 Å². The van der Waals surface area contributed by atoms with Crippen molar-refractivity contribution in [3.63, 3.8) is 0 Å². The van der Waals surface area contributed by atoms with Crippen LogP contribution in [0.25, 0.3) is 0 Å². The number of amides is 2. The lowest BCUT2D eigenvalue weighted by atomic mass is 10.0. The number of carboxylic acid groups (broad SMARTS) is 1. The molecular formula is C14H17BrN2O4. The first-order valence-corrected chi connectivity index (χ1v) is 7.13. The van der Waals surface area contributed by atoms with Crippen LogP contribution in [0.4, 0.5) is 0 Å². The Balaban J connectivity index is 2.83. The molecule has 1 aromatic carbocycles. The third kappa shape index (κ3) is 5.95.